The van der Waals surface area contributed by atoms with E-state index in [9.17, 15) is 22.8 Å². The molecule has 2 aromatic heterocycles. The van der Waals surface area contributed by atoms with Gasteiger partial charge in [0.2, 0.25) is 0 Å². The number of amides is 1. The van der Waals surface area contributed by atoms with Crippen LogP contribution in [0, 0.1) is 0 Å². The molecule has 0 aliphatic rings. The predicted octanol–water partition coefficient (Wildman–Crippen LogP) is 4.61. The Balaban J connectivity index is 2.13. The molecule has 0 bridgehead atoms. The summed E-state index contributed by atoms with van der Waals surface area (Å²) >= 11 is 5.98. The summed E-state index contributed by atoms with van der Waals surface area (Å²) in [6.07, 6.45) is -3.60. The summed E-state index contributed by atoms with van der Waals surface area (Å²) in [5.74, 6) is -1.40. The lowest BCUT2D eigenvalue weighted by Crippen LogP contribution is -2.19. The molecule has 6 nitrogen and oxygen atoms in total. The zero-order chi connectivity index (χ0) is 21.3. The molecule has 29 heavy (non-hydrogen) atoms. The van der Waals surface area contributed by atoms with Crippen LogP contribution in [0.3, 0.4) is 0 Å². The maximum atomic E-state index is 13.2. The quantitative estimate of drug-likeness (QED) is 0.620. The summed E-state index contributed by atoms with van der Waals surface area (Å²) in [4.78, 5) is 29.1. The van der Waals surface area contributed by atoms with Crippen molar-refractivity contribution in [2.24, 2.45) is 0 Å². The second-order valence-electron chi connectivity index (χ2n) is 6.02. The Hall–Kier alpha value is -3.07. The van der Waals surface area contributed by atoms with Crippen LogP contribution < -0.4 is 5.32 Å². The van der Waals surface area contributed by atoms with E-state index in [1.165, 1.54) is 19.2 Å². The number of hydrogen-bond acceptors (Lipinski definition) is 4. The molecule has 0 aliphatic carbocycles. The Kier molecular flexibility index (Phi) is 5.52. The third-order valence-corrected chi connectivity index (χ3v) is 4.48. The monoisotopic (exact) mass is 425 g/mol. The topological polar surface area (TPSA) is 72.7 Å². The number of rotatable bonds is 4. The molecule has 2 heterocycles. The molecule has 3 rings (SSSR count). The van der Waals surface area contributed by atoms with Gasteiger partial charge in [-0.1, -0.05) is 30.7 Å². The second-order valence-corrected chi connectivity index (χ2v) is 6.43. The zero-order valence-corrected chi connectivity index (χ0v) is 16.1. The van der Waals surface area contributed by atoms with E-state index in [2.05, 4.69) is 15.0 Å². The number of carbonyl (C=O) groups excluding carboxylic acids is 2. The maximum Gasteiger partial charge on any atom is 0.417 e. The van der Waals surface area contributed by atoms with Crippen molar-refractivity contribution in [3.8, 4) is 0 Å². The van der Waals surface area contributed by atoms with Crippen LogP contribution in [-0.4, -0.2) is 28.4 Å². The standard InChI is InChI=1S/C19H15ClF3N3O3/c1-3-13-15(17(27)25-14-7-5-4-6-11(14)18(28)29-2)26-9-10(19(21,22)23)8-12(20)16(26)24-13/h4-9H,3H2,1-2H3,(H,25,27). The van der Waals surface area contributed by atoms with Gasteiger partial charge in [0.25, 0.3) is 5.91 Å². The molecule has 0 radical (unpaired) electrons. The minimum atomic E-state index is -4.65. The van der Waals surface area contributed by atoms with Crippen LogP contribution in [0.4, 0.5) is 18.9 Å². The number of benzene rings is 1. The molecule has 1 N–H and O–H groups in total. The number of hydrogen-bond donors (Lipinski definition) is 1. The van der Waals surface area contributed by atoms with E-state index in [1.807, 2.05) is 0 Å². The molecule has 1 amide bonds. The molecule has 152 valence electrons. The molecule has 0 atom stereocenters. The van der Waals surface area contributed by atoms with Gasteiger partial charge in [0.1, 0.15) is 5.69 Å². The van der Waals surface area contributed by atoms with Crippen LogP contribution >= 0.6 is 11.6 Å². The fourth-order valence-corrected chi connectivity index (χ4v) is 3.11. The van der Waals surface area contributed by atoms with Gasteiger partial charge < -0.3 is 10.1 Å². The minimum absolute atomic E-state index is 0.0305. The van der Waals surface area contributed by atoms with Crippen molar-refractivity contribution in [2.75, 3.05) is 12.4 Å². The number of anilines is 1. The number of esters is 1. The lowest BCUT2D eigenvalue weighted by atomic mass is 10.1. The summed E-state index contributed by atoms with van der Waals surface area (Å²) in [6.45, 7) is 1.71. The van der Waals surface area contributed by atoms with Crippen molar-refractivity contribution in [2.45, 2.75) is 19.5 Å². The average molecular weight is 426 g/mol. The molecule has 0 saturated carbocycles. The first-order valence-electron chi connectivity index (χ1n) is 8.43. The number of nitrogens with one attached hydrogen (secondary N) is 1. The highest BCUT2D eigenvalue weighted by molar-refractivity contribution is 6.33. The third kappa shape index (κ3) is 3.91. The zero-order valence-electron chi connectivity index (χ0n) is 15.3. The largest absolute Gasteiger partial charge is 0.465 e. The van der Waals surface area contributed by atoms with E-state index in [4.69, 9.17) is 11.6 Å². The van der Waals surface area contributed by atoms with Gasteiger partial charge >= 0.3 is 12.1 Å². The van der Waals surface area contributed by atoms with Crippen LogP contribution in [0.15, 0.2) is 36.5 Å². The Morgan fingerprint density at radius 3 is 2.59 bits per heavy atom. The summed E-state index contributed by atoms with van der Waals surface area (Å²) < 4.78 is 45.3. The number of nitrogens with zero attached hydrogens (tertiary/aromatic N) is 2. The molecule has 0 unspecified atom stereocenters. The Bertz CT molecular complexity index is 1110. The first-order valence-corrected chi connectivity index (χ1v) is 8.81. The SMILES string of the molecule is CCc1nc2c(Cl)cc(C(F)(F)F)cn2c1C(=O)Nc1ccccc1C(=O)OC. The fourth-order valence-electron chi connectivity index (χ4n) is 2.85. The van der Waals surface area contributed by atoms with Gasteiger partial charge in [0.05, 0.1) is 34.6 Å². The highest BCUT2D eigenvalue weighted by Gasteiger charge is 2.33. The van der Waals surface area contributed by atoms with Crippen LogP contribution in [0.2, 0.25) is 5.02 Å². The molecule has 0 spiro atoms. The van der Waals surface area contributed by atoms with Crippen molar-refractivity contribution in [3.63, 3.8) is 0 Å². The first kappa shape index (κ1) is 20.7. The summed E-state index contributed by atoms with van der Waals surface area (Å²) in [5.41, 5.74) is -0.569. The Morgan fingerprint density at radius 2 is 1.97 bits per heavy atom. The molecule has 10 heteroatoms. The van der Waals surface area contributed by atoms with Crippen molar-refractivity contribution < 1.29 is 27.5 Å². The first-order chi connectivity index (χ1) is 13.7. The highest BCUT2D eigenvalue weighted by Crippen LogP contribution is 2.33. The number of halogens is 4. The van der Waals surface area contributed by atoms with E-state index < -0.39 is 23.6 Å². The van der Waals surface area contributed by atoms with Crippen LogP contribution in [0.1, 0.15) is 39.0 Å². The van der Waals surface area contributed by atoms with E-state index in [0.717, 1.165) is 16.7 Å². The van der Waals surface area contributed by atoms with Crippen LogP contribution in [0.5, 0.6) is 0 Å². The summed E-state index contributed by atoms with van der Waals surface area (Å²) in [6, 6.07) is 6.87. The molecule has 0 fully saturated rings. The van der Waals surface area contributed by atoms with Gasteiger partial charge in [-0.25, -0.2) is 9.78 Å². The number of alkyl halides is 3. The maximum absolute atomic E-state index is 13.2. The number of ether oxygens (including phenoxy) is 1. The normalized spacial score (nSPS) is 11.5. The predicted molar refractivity (Wildman–Crippen MR) is 100 cm³/mol. The fraction of sp³-hybridized carbons (Fsp3) is 0.211. The van der Waals surface area contributed by atoms with Gasteiger partial charge in [0.15, 0.2) is 5.65 Å². The van der Waals surface area contributed by atoms with Crippen molar-refractivity contribution in [1.82, 2.24) is 9.38 Å². The smallest absolute Gasteiger partial charge is 0.417 e. The van der Waals surface area contributed by atoms with Gasteiger partial charge in [-0.3, -0.25) is 9.20 Å². The van der Waals surface area contributed by atoms with Crippen LogP contribution in [0.25, 0.3) is 5.65 Å². The Labute approximate surface area is 168 Å². The summed E-state index contributed by atoms with van der Waals surface area (Å²) in [7, 11) is 1.20. The average Bonchev–Trinajstić information content (AvgIpc) is 3.06. The third-order valence-electron chi connectivity index (χ3n) is 4.21. The Morgan fingerprint density at radius 1 is 1.28 bits per heavy atom. The molecular weight excluding hydrogens is 411 g/mol. The molecule has 0 aliphatic heterocycles. The van der Waals surface area contributed by atoms with Gasteiger partial charge in [-0.2, -0.15) is 13.2 Å². The molecule has 3 aromatic rings. The number of methoxy groups -OCH3 is 1. The van der Waals surface area contributed by atoms with E-state index in [0.29, 0.717) is 0 Å². The van der Waals surface area contributed by atoms with Crippen molar-refractivity contribution in [3.05, 3.63) is 64.1 Å². The number of aromatic nitrogens is 2. The van der Waals surface area contributed by atoms with Crippen molar-refractivity contribution in [1.29, 1.82) is 0 Å². The highest BCUT2D eigenvalue weighted by atomic mass is 35.5. The van der Waals surface area contributed by atoms with Gasteiger partial charge in [-0.05, 0) is 24.6 Å². The number of aryl methyl sites for hydroxylation is 1. The van der Waals surface area contributed by atoms with Crippen molar-refractivity contribution >= 4 is 34.8 Å². The lowest BCUT2D eigenvalue weighted by Gasteiger charge is -2.12. The minimum Gasteiger partial charge on any atom is -0.465 e. The second kappa shape index (κ2) is 7.75. The van der Waals surface area contributed by atoms with Crippen LogP contribution in [-0.2, 0) is 17.3 Å². The molecule has 1 aromatic carbocycles. The molecule has 0 saturated heterocycles. The number of carbonyl (C=O) groups is 2. The number of para-hydroxylation sites is 1. The van der Waals surface area contributed by atoms with Gasteiger partial charge in [-0.15, -0.1) is 0 Å². The summed E-state index contributed by atoms with van der Waals surface area (Å²) in [5, 5.41) is 2.31. The number of pyridine rings is 1. The van der Waals surface area contributed by atoms with Gasteiger partial charge in [0, 0.05) is 6.20 Å². The van der Waals surface area contributed by atoms with E-state index in [-0.39, 0.29) is 39.7 Å². The van der Waals surface area contributed by atoms with E-state index in [1.54, 1.807) is 19.1 Å². The van der Waals surface area contributed by atoms with E-state index >= 15 is 0 Å². The number of imidazole rings is 1. The number of fused-ring (bicyclic) bond motifs is 1. The molecular formula is C19H15ClF3N3O3. The lowest BCUT2D eigenvalue weighted by molar-refractivity contribution is -0.137.